The molecule has 0 atom stereocenters. The fourth-order valence-electron chi connectivity index (χ4n) is 3.81. The zero-order valence-electron chi connectivity index (χ0n) is 21.8. The normalized spacial score (nSPS) is 10.5. The summed E-state index contributed by atoms with van der Waals surface area (Å²) >= 11 is 0. The molecule has 0 spiro atoms. The van der Waals surface area contributed by atoms with Crippen LogP contribution in [0.3, 0.4) is 0 Å². The van der Waals surface area contributed by atoms with Gasteiger partial charge in [0.2, 0.25) is 17.7 Å². The molecule has 2 rings (SSSR count). The summed E-state index contributed by atoms with van der Waals surface area (Å²) in [5.74, 6) is 0.0342. The molecule has 0 bridgehead atoms. The van der Waals surface area contributed by atoms with Crippen LogP contribution in [0.5, 0.6) is 0 Å². The van der Waals surface area contributed by atoms with E-state index in [1.807, 2.05) is 48.5 Å². The van der Waals surface area contributed by atoms with Crippen LogP contribution in [0, 0.1) is 0 Å². The third-order valence-electron chi connectivity index (χ3n) is 5.93. The molecule has 37 heavy (non-hydrogen) atoms. The lowest BCUT2D eigenvalue weighted by Gasteiger charge is -2.09. The summed E-state index contributed by atoms with van der Waals surface area (Å²) in [6.07, 6.45) is 4.39. The molecule has 0 radical (unpaired) electrons. The molecule has 0 saturated carbocycles. The van der Waals surface area contributed by atoms with Crippen LogP contribution in [0.25, 0.3) is 0 Å². The zero-order valence-corrected chi connectivity index (χ0v) is 21.8. The van der Waals surface area contributed by atoms with Gasteiger partial charge in [-0.1, -0.05) is 48.5 Å². The van der Waals surface area contributed by atoms with Crippen LogP contribution in [0.4, 0.5) is 0 Å². The quantitative estimate of drug-likeness (QED) is 0.243. The summed E-state index contributed by atoms with van der Waals surface area (Å²) in [6.45, 7) is 3.33. The van der Waals surface area contributed by atoms with Crippen molar-refractivity contribution in [1.29, 1.82) is 0 Å². The molecule has 2 aromatic carbocycles. The highest BCUT2D eigenvalue weighted by Gasteiger charge is 2.06. The lowest BCUT2D eigenvalue weighted by molar-refractivity contribution is -0.123. The van der Waals surface area contributed by atoms with Gasteiger partial charge in [0.15, 0.2) is 0 Å². The molecule has 0 aromatic heterocycles. The molecule has 0 aliphatic rings. The van der Waals surface area contributed by atoms with Gasteiger partial charge in [-0.05, 0) is 54.9 Å². The Bertz CT molecular complexity index is 1040. The highest BCUT2D eigenvalue weighted by Crippen LogP contribution is 2.08. The van der Waals surface area contributed by atoms with E-state index in [4.69, 9.17) is 5.73 Å². The number of rotatable bonds is 17. The number of amides is 3. The van der Waals surface area contributed by atoms with Gasteiger partial charge in [-0.25, -0.2) is 0 Å². The van der Waals surface area contributed by atoms with Gasteiger partial charge in [0, 0.05) is 51.9 Å². The van der Waals surface area contributed by atoms with Gasteiger partial charge in [-0.3, -0.25) is 14.4 Å². The van der Waals surface area contributed by atoms with Crippen molar-refractivity contribution in [3.8, 4) is 0 Å². The van der Waals surface area contributed by atoms with Gasteiger partial charge >= 0.3 is 0 Å². The van der Waals surface area contributed by atoms with Crippen molar-refractivity contribution in [3.63, 3.8) is 0 Å². The maximum atomic E-state index is 12.2. The highest BCUT2D eigenvalue weighted by molar-refractivity contribution is 5.77. The Hall–Kier alpha value is -3.52. The van der Waals surface area contributed by atoms with Crippen molar-refractivity contribution in [2.45, 2.75) is 84.5 Å². The van der Waals surface area contributed by atoms with Crippen molar-refractivity contribution in [3.05, 3.63) is 70.8 Å². The molecule has 0 unspecified atom stereocenters. The fraction of sp³-hybridized carbons (Fsp3) is 0.448. The molecule has 0 heterocycles. The van der Waals surface area contributed by atoms with Gasteiger partial charge in [0.1, 0.15) is 5.78 Å². The van der Waals surface area contributed by atoms with Crippen LogP contribution in [0.1, 0.15) is 80.5 Å². The average molecular weight is 509 g/mol. The number of ketones is 1. The van der Waals surface area contributed by atoms with Crippen LogP contribution in [-0.4, -0.2) is 23.5 Å². The van der Waals surface area contributed by atoms with Crippen molar-refractivity contribution < 1.29 is 19.2 Å². The second kappa shape index (κ2) is 17.0. The third-order valence-corrected chi connectivity index (χ3v) is 5.93. The first kappa shape index (κ1) is 29.7. The Labute approximate surface area is 219 Å². The summed E-state index contributed by atoms with van der Waals surface area (Å²) in [6, 6.07) is 15.5. The van der Waals surface area contributed by atoms with Gasteiger partial charge < -0.3 is 26.5 Å². The topological polar surface area (TPSA) is 130 Å². The van der Waals surface area contributed by atoms with Crippen LogP contribution in [0.15, 0.2) is 48.5 Å². The van der Waals surface area contributed by atoms with Gasteiger partial charge in [-0.2, -0.15) is 0 Å². The Balaban J connectivity index is 1.58. The molecular weight excluding hydrogens is 468 g/mol. The largest absolute Gasteiger partial charge is 0.352 e. The van der Waals surface area contributed by atoms with E-state index in [2.05, 4.69) is 16.0 Å². The first-order valence-corrected chi connectivity index (χ1v) is 13.0. The Morgan fingerprint density at radius 1 is 0.595 bits per heavy atom. The maximum Gasteiger partial charge on any atom is 0.220 e. The molecule has 0 aliphatic heterocycles. The number of nitrogens with one attached hydrogen (secondary N) is 3. The van der Waals surface area contributed by atoms with Gasteiger partial charge in [0.25, 0.3) is 0 Å². The molecule has 0 saturated heterocycles. The lowest BCUT2D eigenvalue weighted by atomic mass is 10.1. The minimum absolute atomic E-state index is 0.0291. The molecule has 200 valence electrons. The molecule has 0 fully saturated rings. The minimum atomic E-state index is -0.0525. The number of hydrogen-bond donors (Lipinski definition) is 4. The zero-order chi connectivity index (χ0) is 26.9. The predicted octanol–water partition coefficient (Wildman–Crippen LogP) is 3.40. The molecule has 5 N–H and O–H groups in total. The number of hydrogen-bond acceptors (Lipinski definition) is 5. The Morgan fingerprint density at radius 2 is 0.946 bits per heavy atom. The number of carbonyl (C=O) groups excluding carboxylic acids is 4. The van der Waals surface area contributed by atoms with Gasteiger partial charge in [0.05, 0.1) is 0 Å². The summed E-state index contributed by atoms with van der Waals surface area (Å²) in [4.78, 5) is 47.2. The number of Topliss-reactive ketones (excluding diaryl/α,β-unsaturated/α-hetero) is 1. The average Bonchev–Trinajstić information content (AvgIpc) is 2.90. The van der Waals surface area contributed by atoms with Crippen LogP contribution >= 0.6 is 0 Å². The standard InChI is InChI=1S/C29H40N4O4/c1-22(34)8-2-3-13-27(35)32-20-25-11-7-12-26(17-25)21-33-29(37)15-5-4-14-28(36)31-19-24-10-6-9-23(16-24)18-30/h6-7,9-12,16-17H,2-5,8,13-15,18-21,30H2,1H3,(H,31,36)(H,32,35)(H,33,37). The molecule has 8 nitrogen and oxygen atoms in total. The fourth-order valence-corrected chi connectivity index (χ4v) is 3.81. The summed E-state index contributed by atoms with van der Waals surface area (Å²) in [5.41, 5.74) is 9.62. The molecule has 8 heteroatoms. The van der Waals surface area contributed by atoms with Crippen molar-refractivity contribution in [2.75, 3.05) is 0 Å². The lowest BCUT2D eigenvalue weighted by Crippen LogP contribution is -2.24. The molecule has 0 aliphatic carbocycles. The highest BCUT2D eigenvalue weighted by atomic mass is 16.2. The number of unbranched alkanes of at least 4 members (excludes halogenated alkanes) is 2. The summed E-state index contributed by atoms with van der Waals surface area (Å²) in [7, 11) is 0. The van der Waals surface area contributed by atoms with E-state index < -0.39 is 0 Å². The first-order chi connectivity index (χ1) is 17.9. The van der Waals surface area contributed by atoms with Crippen molar-refractivity contribution in [2.24, 2.45) is 5.73 Å². The van der Waals surface area contributed by atoms with E-state index in [9.17, 15) is 19.2 Å². The van der Waals surface area contributed by atoms with E-state index in [0.717, 1.165) is 28.7 Å². The number of carbonyl (C=O) groups is 4. The van der Waals surface area contributed by atoms with Crippen LogP contribution in [0.2, 0.25) is 0 Å². The van der Waals surface area contributed by atoms with E-state index >= 15 is 0 Å². The van der Waals surface area contributed by atoms with Crippen molar-refractivity contribution in [1.82, 2.24) is 16.0 Å². The number of benzene rings is 2. The minimum Gasteiger partial charge on any atom is -0.352 e. The molecule has 2 aromatic rings. The Kier molecular flexibility index (Phi) is 13.7. The van der Waals surface area contributed by atoms with Crippen molar-refractivity contribution >= 4 is 23.5 Å². The number of nitrogens with two attached hydrogens (primary N) is 1. The molecule has 3 amide bonds. The van der Waals surface area contributed by atoms with E-state index in [-0.39, 0.29) is 23.5 Å². The summed E-state index contributed by atoms with van der Waals surface area (Å²) < 4.78 is 0. The summed E-state index contributed by atoms with van der Waals surface area (Å²) in [5, 5.41) is 8.72. The van der Waals surface area contributed by atoms with Crippen LogP contribution in [-0.2, 0) is 45.4 Å². The van der Waals surface area contributed by atoms with Gasteiger partial charge in [-0.15, -0.1) is 0 Å². The predicted molar refractivity (Wildman–Crippen MR) is 144 cm³/mol. The van der Waals surface area contributed by atoms with E-state index in [1.54, 1.807) is 6.92 Å². The van der Waals surface area contributed by atoms with Crippen LogP contribution < -0.4 is 21.7 Å². The monoisotopic (exact) mass is 508 g/mol. The molecular formula is C29H40N4O4. The second-order valence-electron chi connectivity index (χ2n) is 9.29. The Morgan fingerprint density at radius 3 is 1.32 bits per heavy atom. The smallest absolute Gasteiger partial charge is 0.220 e. The maximum absolute atomic E-state index is 12.2. The van der Waals surface area contributed by atoms with E-state index in [1.165, 1.54) is 0 Å². The van der Waals surface area contributed by atoms with E-state index in [0.29, 0.717) is 71.1 Å². The second-order valence-corrected chi connectivity index (χ2v) is 9.29. The SMILES string of the molecule is CC(=O)CCCCC(=O)NCc1cccc(CNC(=O)CCCCC(=O)NCc2cccc(CN)c2)c1. The first-order valence-electron chi connectivity index (χ1n) is 13.0. The third kappa shape index (κ3) is 13.4.